The van der Waals surface area contributed by atoms with Crippen molar-refractivity contribution >= 4 is 11.6 Å². The van der Waals surface area contributed by atoms with Crippen LogP contribution in [0, 0.1) is 0 Å². The van der Waals surface area contributed by atoms with Gasteiger partial charge in [-0.2, -0.15) is 0 Å². The maximum Gasteiger partial charge on any atom is 0.228 e. The molecule has 5 heteroatoms. The predicted octanol–water partition coefficient (Wildman–Crippen LogP) is 2.89. The molecule has 0 radical (unpaired) electrons. The van der Waals surface area contributed by atoms with Gasteiger partial charge in [-0.1, -0.05) is 18.2 Å². The van der Waals surface area contributed by atoms with Crippen LogP contribution in [0.4, 0.5) is 5.69 Å². The highest BCUT2D eigenvalue weighted by Crippen LogP contribution is 2.34. The fourth-order valence-electron chi connectivity index (χ4n) is 2.13. The van der Waals surface area contributed by atoms with Crippen LogP contribution in [0.5, 0.6) is 17.2 Å². The number of carbonyl (C=O) groups is 1. The molecule has 116 valence electrons. The van der Waals surface area contributed by atoms with E-state index in [4.69, 9.17) is 14.2 Å². The third kappa shape index (κ3) is 3.69. The van der Waals surface area contributed by atoms with Gasteiger partial charge < -0.3 is 19.5 Å². The number of ether oxygens (including phenoxy) is 3. The molecule has 0 unspecified atom stereocenters. The lowest BCUT2D eigenvalue weighted by molar-refractivity contribution is -0.115. The number of amides is 1. The zero-order valence-electron chi connectivity index (χ0n) is 12.9. The number of methoxy groups -OCH3 is 3. The molecule has 2 aromatic rings. The fourth-order valence-corrected chi connectivity index (χ4v) is 2.13. The van der Waals surface area contributed by atoms with E-state index in [0.717, 1.165) is 11.3 Å². The molecule has 22 heavy (non-hydrogen) atoms. The Kier molecular flexibility index (Phi) is 5.25. The second kappa shape index (κ2) is 7.36. The van der Waals surface area contributed by atoms with E-state index in [1.54, 1.807) is 33.5 Å². The van der Waals surface area contributed by atoms with Crippen LogP contribution in [0.15, 0.2) is 42.5 Å². The molecule has 0 aromatic heterocycles. The van der Waals surface area contributed by atoms with Crippen LogP contribution < -0.4 is 19.5 Å². The maximum atomic E-state index is 12.2. The number of hydrogen-bond donors (Lipinski definition) is 1. The standard InChI is InChI=1S/C17H19NO4/c1-20-14-11-16(22-3)15(21-2)9-12(14)10-17(19)18-13-7-5-4-6-8-13/h4-9,11H,10H2,1-3H3,(H,18,19). The average molecular weight is 301 g/mol. The Morgan fingerprint density at radius 2 is 1.50 bits per heavy atom. The smallest absolute Gasteiger partial charge is 0.228 e. The molecule has 0 aliphatic carbocycles. The quantitative estimate of drug-likeness (QED) is 0.891. The van der Waals surface area contributed by atoms with Gasteiger partial charge in [0.2, 0.25) is 5.91 Å². The summed E-state index contributed by atoms with van der Waals surface area (Å²) in [6.45, 7) is 0. The topological polar surface area (TPSA) is 56.8 Å². The highest BCUT2D eigenvalue weighted by atomic mass is 16.5. The van der Waals surface area contributed by atoms with Crippen LogP contribution in [0.3, 0.4) is 0 Å². The second-order valence-corrected chi connectivity index (χ2v) is 4.61. The summed E-state index contributed by atoms with van der Waals surface area (Å²) < 4.78 is 15.8. The largest absolute Gasteiger partial charge is 0.496 e. The Balaban J connectivity index is 2.19. The molecule has 2 aromatic carbocycles. The van der Waals surface area contributed by atoms with Crippen molar-refractivity contribution in [1.29, 1.82) is 0 Å². The number of para-hydroxylation sites is 1. The minimum atomic E-state index is -0.128. The van der Waals surface area contributed by atoms with E-state index in [-0.39, 0.29) is 12.3 Å². The van der Waals surface area contributed by atoms with Crippen LogP contribution >= 0.6 is 0 Å². The Bertz CT molecular complexity index is 641. The van der Waals surface area contributed by atoms with E-state index in [1.807, 2.05) is 30.3 Å². The van der Waals surface area contributed by atoms with Crippen molar-refractivity contribution in [3.05, 3.63) is 48.0 Å². The van der Waals surface area contributed by atoms with E-state index in [0.29, 0.717) is 17.2 Å². The van der Waals surface area contributed by atoms with Crippen LogP contribution in [-0.2, 0) is 11.2 Å². The molecular weight excluding hydrogens is 282 g/mol. The molecule has 0 spiro atoms. The van der Waals surface area contributed by atoms with E-state index in [1.165, 1.54) is 0 Å². The molecule has 0 saturated carbocycles. The molecular formula is C17H19NO4. The Hall–Kier alpha value is -2.69. The maximum absolute atomic E-state index is 12.2. The summed E-state index contributed by atoms with van der Waals surface area (Å²) in [4.78, 5) is 12.2. The summed E-state index contributed by atoms with van der Waals surface area (Å²) in [7, 11) is 4.66. The van der Waals surface area contributed by atoms with E-state index in [2.05, 4.69) is 5.32 Å². The van der Waals surface area contributed by atoms with Crippen molar-refractivity contribution < 1.29 is 19.0 Å². The van der Waals surface area contributed by atoms with E-state index in [9.17, 15) is 4.79 Å². The first-order chi connectivity index (χ1) is 10.7. The van der Waals surface area contributed by atoms with Crippen LogP contribution in [-0.4, -0.2) is 27.2 Å². The van der Waals surface area contributed by atoms with E-state index >= 15 is 0 Å². The van der Waals surface area contributed by atoms with Gasteiger partial charge >= 0.3 is 0 Å². The van der Waals surface area contributed by atoms with Gasteiger partial charge in [0.05, 0.1) is 27.8 Å². The molecule has 0 bridgehead atoms. The number of carbonyl (C=O) groups excluding carboxylic acids is 1. The fraction of sp³-hybridized carbons (Fsp3) is 0.235. The highest BCUT2D eigenvalue weighted by molar-refractivity contribution is 5.92. The normalized spacial score (nSPS) is 9.95. The number of hydrogen-bond acceptors (Lipinski definition) is 4. The lowest BCUT2D eigenvalue weighted by Gasteiger charge is -2.14. The number of benzene rings is 2. The van der Waals surface area contributed by atoms with Crippen molar-refractivity contribution in [1.82, 2.24) is 0 Å². The molecule has 0 saturated heterocycles. The lowest BCUT2D eigenvalue weighted by atomic mass is 10.1. The first-order valence-corrected chi connectivity index (χ1v) is 6.81. The zero-order valence-corrected chi connectivity index (χ0v) is 12.9. The molecule has 2 rings (SSSR count). The summed E-state index contributed by atoms with van der Waals surface area (Å²) >= 11 is 0. The van der Waals surface area contributed by atoms with Crippen molar-refractivity contribution in [2.75, 3.05) is 26.6 Å². The van der Waals surface area contributed by atoms with Crippen molar-refractivity contribution in [2.24, 2.45) is 0 Å². The van der Waals surface area contributed by atoms with Crippen molar-refractivity contribution in [2.45, 2.75) is 6.42 Å². The van der Waals surface area contributed by atoms with Gasteiger partial charge in [0, 0.05) is 17.3 Å². The third-order valence-electron chi connectivity index (χ3n) is 3.20. The van der Waals surface area contributed by atoms with Crippen LogP contribution in [0.25, 0.3) is 0 Å². The minimum absolute atomic E-state index is 0.128. The summed E-state index contributed by atoms with van der Waals surface area (Å²) in [5.74, 6) is 1.58. The highest BCUT2D eigenvalue weighted by Gasteiger charge is 2.14. The van der Waals surface area contributed by atoms with Crippen LogP contribution in [0.1, 0.15) is 5.56 Å². The molecule has 0 aliphatic heterocycles. The van der Waals surface area contributed by atoms with Gasteiger partial charge in [-0.05, 0) is 18.2 Å². The molecule has 1 N–H and O–H groups in total. The number of rotatable bonds is 6. The van der Waals surface area contributed by atoms with Gasteiger partial charge in [0.15, 0.2) is 11.5 Å². The van der Waals surface area contributed by atoms with Crippen molar-refractivity contribution in [3.63, 3.8) is 0 Å². The average Bonchev–Trinajstić information content (AvgIpc) is 2.55. The van der Waals surface area contributed by atoms with Crippen molar-refractivity contribution in [3.8, 4) is 17.2 Å². The third-order valence-corrected chi connectivity index (χ3v) is 3.20. The van der Waals surface area contributed by atoms with E-state index < -0.39 is 0 Å². The Morgan fingerprint density at radius 1 is 0.909 bits per heavy atom. The Morgan fingerprint density at radius 3 is 2.09 bits per heavy atom. The first kappa shape index (κ1) is 15.7. The molecule has 0 heterocycles. The predicted molar refractivity (Wildman–Crippen MR) is 84.9 cm³/mol. The summed E-state index contributed by atoms with van der Waals surface area (Å²) in [6, 6.07) is 12.8. The van der Waals surface area contributed by atoms with Gasteiger partial charge in [0.1, 0.15) is 5.75 Å². The minimum Gasteiger partial charge on any atom is -0.496 e. The molecule has 1 amide bonds. The Labute approximate surface area is 129 Å². The van der Waals surface area contributed by atoms with Gasteiger partial charge in [-0.25, -0.2) is 0 Å². The SMILES string of the molecule is COc1cc(OC)c(OC)cc1CC(=O)Nc1ccccc1. The lowest BCUT2D eigenvalue weighted by Crippen LogP contribution is -2.15. The first-order valence-electron chi connectivity index (χ1n) is 6.81. The van der Waals surface area contributed by atoms with Gasteiger partial charge in [0.25, 0.3) is 0 Å². The number of anilines is 1. The molecule has 0 atom stereocenters. The van der Waals surface area contributed by atoms with Gasteiger partial charge in [-0.3, -0.25) is 4.79 Å². The molecule has 0 aliphatic rings. The second-order valence-electron chi connectivity index (χ2n) is 4.61. The molecule has 5 nitrogen and oxygen atoms in total. The summed E-state index contributed by atoms with van der Waals surface area (Å²) in [5, 5.41) is 2.84. The summed E-state index contributed by atoms with van der Waals surface area (Å²) in [6.07, 6.45) is 0.179. The van der Waals surface area contributed by atoms with Gasteiger partial charge in [-0.15, -0.1) is 0 Å². The summed E-state index contributed by atoms with van der Waals surface area (Å²) in [5.41, 5.74) is 1.49. The molecule has 0 fully saturated rings. The van der Waals surface area contributed by atoms with Crippen LogP contribution in [0.2, 0.25) is 0 Å². The number of nitrogens with one attached hydrogen (secondary N) is 1. The monoisotopic (exact) mass is 301 g/mol. The zero-order chi connectivity index (χ0) is 15.9.